The van der Waals surface area contributed by atoms with E-state index in [-0.39, 0.29) is 11.7 Å². The largest absolute Gasteiger partial charge is 0.481 e. The predicted molar refractivity (Wildman–Crippen MR) is 98.0 cm³/mol. The van der Waals surface area contributed by atoms with E-state index in [2.05, 4.69) is 28.6 Å². The molecule has 4 atom stereocenters. The van der Waals surface area contributed by atoms with E-state index in [0.29, 0.717) is 6.42 Å². The molecular formula is C15H26N4O7S. The SMILES string of the molecule is CCC(C)C(NC(=O)C(CS)NC(=O)CNC(=O)C(N)CC(=O)O)C(=O)O. The van der Waals surface area contributed by atoms with Gasteiger partial charge in [0.25, 0.3) is 0 Å². The van der Waals surface area contributed by atoms with Gasteiger partial charge in [0.2, 0.25) is 17.7 Å². The number of carboxylic acid groups (broad SMARTS) is 2. The number of nitrogens with one attached hydrogen (secondary N) is 3. The molecule has 4 unspecified atom stereocenters. The third-order valence-corrected chi connectivity index (χ3v) is 4.13. The first kappa shape index (κ1) is 24.7. The van der Waals surface area contributed by atoms with Crippen LogP contribution in [-0.2, 0) is 24.0 Å². The van der Waals surface area contributed by atoms with Crippen molar-refractivity contribution in [2.75, 3.05) is 12.3 Å². The van der Waals surface area contributed by atoms with E-state index in [0.717, 1.165) is 0 Å². The van der Waals surface area contributed by atoms with Gasteiger partial charge in [0, 0.05) is 5.75 Å². The van der Waals surface area contributed by atoms with Gasteiger partial charge in [-0.3, -0.25) is 19.2 Å². The quantitative estimate of drug-likeness (QED) is 0.180. The molecule has 3 amide bonds. The Balaban J connectivity index is 4.66. The van der Waals surface area contributed by atoms with E-state index in [9.17, 15) is 29.1 Å². The fraction of sp³-hybridized carbons (Fsp3) is 0.667. The summed E-state index contributed by atoms with van der Waals surface area (Å²) in [6.45, 7) is 2.92. The van der Waals surface area contributed by atoms with Crippen LogP contribution < -0.4 is 21.7 Å². The molecule has 7 N–H and O–H groups in total. The van der Waals surface area contributed by atoms with Crippen LogP contribution >= 0.6 is 12.6 Å². The molecule has 0 saturated carbocycles. The normalized spacial score (nSPS) is 15.0. The molecule has 0 aromatic rings. The first-order valence-electron chi connectivity index (χ1n) is 8.21. The molecule has 0 spiro atoms. The smallest absolute Gasteiger partial charge is 0.326 e. The van der Waals surface area contributed by atoms with Crippen molar-refractivity contribution in [1.82, 2.24) is 16.0 Å². The molecule has 0 aromatic carbocycles. The van der Waals surface area contributed by atoms with E-state index in [1.54, 1.807) is 13.8 Å². The molecule has 154 valence electrons. The van der Waals surface area contributed by atoms with Crippen LogP contribution in [-0.4, -0.2) is 70.3 Å². The van der Waals surface area contributed by atoms with Gasteiger partial charge < -0.3 is 31.9 Å². The van der Waals surface area contributed by atoms with Crippen molar-refractivity contribution >= 4 is 42.3 Å². The first-order chi connectivity index (χ1) is 12.5. The van der Waals surface area contributed by atoms with E-state index < -0.39 is 60.8 Å². The van der Waals surface area contributed by atoms with Crippen molar-refractivity contribution in [3.8, 4) is 0 Å². The van der Waals surface area contributed by atoms with Crippen LogP contribution in [0.2, 0.25) is 0 Å². The maximum Gasteiger partial charge on any atom is 0.326 e. The summed E-state index contributed by atoms with van der Waals surface area (Å²) >= 11 is 3.96. The van der Waals surface area contributed by atoms with Crippen molar-refractivity contribution in [3.05, 3.63) is 0 Å². The molecule has 0 radical (unpaired) electrons. The van der Waals surface area contributed by atoms with Gasteiger partial charge in [0.05, 0.1) is 19.0 Å². The number of hydrogen-bond acceptors (Lipinski definition) is 7. The second kappa shape index (κ2) is 12.1. The molecule has 27 heavy (non-hydrogen) atoms. The second-order valence-electron chi connectivity index (χ2n) is 5.93. The lowest BCUT2D eigenvalue weighted by Crippen LogP contribution is -2.55. The highest BCUT2D eigenvalue weighted by molar-refractivity contribution is 7.80. The van der Waals surface area contributed by atoms with E-state index in [4.69, 9.17) is 10.8 Å². The number of amides is 3. The summed E-state index contributed by atoms with van der Waals surface area (Å²) in [6.07, 6.45) is -0.0703. The zero-order chi connectivity index (χ0) is 21.1. The third-order valence-electron chi connectivity index (χ3n) is 3.77. The zero-order valence-corrected chi connectivity index (χ0v) is 16.0. The first-order valence-corrected chi connectivity index (χ1v) is 8.85. The van der Waals surface area contributed by atoms with Crippen LogP contribution in [0.5, 0.6) is 0 Å². The van der Waals surface area contributed by atoms with Gasteiger partial charge in [-0.2, -0.15) is 12.6 Å². The Morgan fingerprint density at radius 2 is 1.67 bits per heavy atom. The van der Waals surface area contributed by atoms with Crippen LogP contribution in [0.25, 0.3) is 0 Å². The Morgan fingerprint density at radius 1 is 1.07 bits per heavy atom. The summed E-state index contributed by atoms with van der Waals surface area (Å²) in [6, 6.07) is -3.54. The molecule has 0 aromatic heterocycles. The molecule has 0 bridgehead atoms. The van der Waals surface area contributed by atoms with Gasteiger partial charge in [-0.15, -0.1) is 0 Å². The number of aliphatic carboxylic acids is 2. The summed E-state index contributed by atoms with van der Waals surface area (Å²) < 4.78 is 0. The highest BCUT2D eigenvalue weighted by atomic mass is 32.1. The average Bonchev–Trinajstić information content (AvgIpc) is 2.60. The number of rotatable bonds is 12. The summed E-state index contributed by atoms with van der Waals surface area (Å²) in [5.74, 6) is -5.17. The molecule has 0 heterocycles. The molecule has 0 saturated heterocycles. The van der Waals surface area contributed by atoms with Gasteiger partial charge in [-0.1, -0.05) is 20.3 Å². The van der Waals surface area contributed by atoms with Gasteiger partial charge >= 0.3 is 11.9 Å². The minimum absolute atomic E-state index is 0.100. The monoisotopic (exact) mass is 406 g/mol. The fourth-order valence-corrected chi connectivity index (χ4v) is 2.21. The zero-order valence-electron chi connectivity index (χ0n) is 15.1. The van der Waals surface area contributed by atoms with Crippen molar-refractivity contribution < 1.29 is 34.2 Å². The summed E-state index contributed by atoms with van der Waals surface area (Å²) in [5, 5.41) is 24.6. The Kier molecular flexibility index (Phi) is 11.1. The average molecular weight is 406 g/mol. The maximum absolute atomic E-state index is 12.2. The van der Waals surface area contributed by atoms with E-state index in [1.807, 2.05) is 0 Å². The molecule has 0 aliphatic carbocycles. The van der Waals surface area contributed by atoms with Crippen LogP contribution in [0, 0.1) is 5.92 Å². The minimum atomic E-state index is -1.31. The number of carboxylic acids is 2. The highest BCUT2D eigenvalue weighted by Crippen LogP contribution is 2.08. The van der Waals surface area contributed by atoms with Crippen molar-refractivity contribution in [2.45, 2.75) is 44.8 Å². The van der Waals surface area contributed by atoms with E-state index >= 15 is 0 Å². The molecule has 12 heteroatoms. The van der Waals surface area contributed by atoms with Crippen LogP contribution in [0.3, 0.4) is 0 Å². The Labute approximate surface area is 161 Å². The fourth-order valence-electron chi connectivity index (χ4n) is 1.96. The third kappa shape index (κ3) is 9.24. The van der Waals surface area contributed by atoms with Gasteiger partial charge in [-0.05, 0) is 5.92 Å². The lowest BCUT2D eigenvalue weighted by atomic mass is 9.99. The lowest BCUT2D eigenvalue weighted by molar-refractivity contribution is -0.143. The highest BCUT2D eigenvalue weighted by Gasteiger charge is 2.29. The molecule has 11 nitrogen and oxygen atoms in total. The number of nitrogens with two attached hydrogens (primary N) is 1. The van der Waals surface area contributed by atoms with Crippen LogP contribution in [0.4, 0.5) is 0 Å². The number of carbonyl (C=O) groups excluding carboxylic acids is 3. The van der Waals surface area contributed by atoms with Gasteiger partial charge in [0.15, 0.2) is 0 Å². The summed E-state index contributed by atoms with van der Waals surface area (Å²) in [4.78, 5) is 57.4. The Bertz CT molecular complexity index is 572. The van der Waals surface area contributed by atoms with Crippen molar-refractivity contribution in [1.29, 1.82) is 0 Å². The number of thiol groups is 1. The molecular weight excluding hydrogens is 380 g/mol. The summed E-state index contributed by atoms with van der Waals surface area (Å²) in [7, 11) is 0. The van der Waals surface area contributed by atoms with Gasteiger partial charge in [0.1, 0.15) is 12.1 Å². The van der Waals surface area contributed by atoms with Crippen LogP contribution in [0.1, 0.15) is 26.7 Å². The summed E-state index contributed by atoms with van der Waals surface area (Å²) in [5.41, 5.74) is 5.35. The Morgan fingerprint density at radius 3 is 2.11 bits per heavy atom. The van der Waals surface area contributed by atoms with Gasteiger partial charge in [-0.25, -0.2) is 4.79 Å². The molecule has 0 fully saturated rings. The predicted octanol–water partition coefficient (Wildman–Crippen LogP) is -2.07. The van der Waals surface area contributed by atoms with Crippen molar-refractivity contribution in [3.63, 3.8) is 0 Å². The topological polar surface area (TPSA) is 188 Å². The maximum atomic E-state index is 12.2. The molecule has 0 aliphatic heterocycles. The minimum Gasteiger partial charge on any atom is -0.481 e. The molecule has 0 aliphatic rings. The second-order valence-corrected chi connectivity index (χ2v) is 6.30. The number of hydrogen-bond donors (Lipinski definition) is 7. The van der Waals surface area contributed by atoms with Crippen LogP contribution in [0.15, 0.2) is 0 Å². The van der Waals surface area contributed by atoms with E-state index in [1.165, 1.54) is 0 Å². The Hall–Kier alpha value is -2.34. The lowest BCUT2D eigenvalue weighted by Gasteiger charge is -2.23. The standard InChI is InChI=1S/C15H26N4O7S/c1-3-7(2)12(15(25)26)19-14(24)9(6-27)18-10(20)5-17-13(23)8(16)4-11(21)22/h7-9,12,27H,3-6,16H2,1-2H3,(H,17,23)(H,18,20)(H,19,24)(H,21,22)(H,25,26). The number of carbonyl (C=O) groups is 5. The molecule has 0 rings (SSSR count). The van der Waals surface area contributed by atoms with Crippen molar-refractivity contribution in [2.24, 2.45) is 11.7 Å².